The highest BCUT2D eigenvalue weighted by atomic mass is 35.5. The first-order chi connectivity index (χ1) is 13.4. The summed E-state index contributed by atoms with van der Waals surface area (Å²) in [5.74, 6) is -0.203. The van der Waals surface area contributed by atoms with Gasteiger partial charge in [-0.15, -0.1) is 0 Å². The summed E-state index contributed by atoms with van der Waals surface area (Å²) in [6.07, 6.45) is 3.13. The Morgan fingerprint density at radius 3 is 2.79 bits per heavy atom. The number of halogens is 1. The molecule has 0 aliphatic carbocycles. The largest absolute Gasteiger partial charge is 0.466 e. The molecule has 148 valence electrons. The van der Waals surface area contributed by atoms with E-state index in [1.807, 2.05) is 37.8 Å². The molecule has 2 aromatic rings. The fourth-order valence-corrected chi connectivity index (χ4v) is 5.33. The van der Waals surface area contributed by atoms with Crippen LogP contribution in [-0.2, 0) is 9.53 Å². The van der Waals surface area contributed by atoms with Crippen LogP contribution in [0.25, 0.3) is 10.9 Å². The number of fused-ring (bicyclic) bond motifs is 3. The van der Waals surface area contributed by atoms with Crippen molar-refractivity contribution < 1.29 is 14.3 Å². The predicted molar refractivity (Wildman–Crippen MR) is 108 cm³/mol. The van der Waals surface area contributed by atoms with E-state index in [4.69, 9.17) is 16.3 Å². The molecule has 2 aliphatic heterocycles. The van der Waals surface area contributed by atoms with Crippen molar-refractivity contribution in [2.24, 2.45) is 5.41 Å². The Morgan fingerprint density at radius 2 is 2.07 bits per heavy atom. The number of aromatic nitrogens is 1. The van der Waals surface area contributed by atoms with Gasteiger partial charge in [0.15, 0.2) is 0 Å². The monoisotopic (exact) mass is 400 g/mol. The molecule has 0 saturated carbocycles. The number of amides is 1. The fourth-order valence-electron chi connectivity index (χ4n) is 5.15. The fraction of sp³-hybridized carbons (Fsp3) is 0.500. The van der Waals surface area contributed by atoms with Crippen LogP contribution in [0.2, 0.25) is 5.02 Å². The Kier molecular flexibility index (Phi) is 4.82. The van der Waals surface area contributed by atoms with E-state index in [9.17, 15) is 9.59 Å². The number of carbonyl (C=O) groups excluding carboxylic acids is 2. The zero-order valence-electron chi connectivity index (χ0n) is 16.5. The minimum atomic E-state index is -0.593. The van der Waals surface area contributed by atoms with Crippen LogP contribution >= 0.6 is 11.6 Å². The van der Waals surface area contributed by atoms with Crippen LogP contribution in [0.5, 0.6) is 0 Å². The van der Waals surface area contributed by atoms with Gasteiger partial charge in [-0.1, -0.05) is 18.5 Å². The third kappa shape index (κ3) is 2.79. The third-order valence-electron chi connectivity index (χ3n) is 6.42. The number of nitrogens with zero attached hydrogens (tertiary/aromatic N) is 2. The molecule has 3 atom stereocenters. The molecule has 0 radical (unpaired) electrons. The molecule has 0 N–H and O–H groups in total. The maximum Gasteiger partial charge on any atom is 0.314 e. The normalized spacial score (nSPS) is 26.1. The molecular formula is C22H25ClN2O3. The summed E-state index contributed by atoms with van der Waals surface area (Å²) in [6, 6.07) is 7.22. The number of carbonyl (C=O) groups is 2. The zero-order chi connectivity index (χ0) is 20.1. The van der Waals surface area contributed by atoms with E-state index >= 15 is 0 Å². The molecule has 28 heavy (non-hydrogen) atoms. The van der Waals surface area contributed by atoms with Gasteiger partial charge >= 0.3 is 5.97 Å². The van der Waals surface area contributed by atoms with Crippen LogP contribution in [0.4, 0.5) is 0 Å². The molecule has 1 amide bonds. The minimum absolute atomic E-state index is 0.0371. The molecule has 1 aromatic heterocycles. The van der Waals surface area contributed by atoms with Gasteiger partial charge in [0, 0.05) is 28.2 Å². The van der Waals surface area contributed by atoms with Crippen molar-refractivity contribution in [1.29, 1.82) is 0 Å². The molecule has 4 rings (SSSR count). The summed E-state index contributed by atoms with van der Waals surface area (Å²) in [4.78, 5) is 33.0. The standard InChI is InChI=1S/C22H25ClN2O3/c1-4-22(21(27)28-5-2)12-15-7-9-19(22)25(15)20(26)17-10-13(3)24-18-8-6-14(23)11-16(17)18/h6,8,10-11,15,19H,4-5,7,9,12H2,1-3H3/t15-,19+,22+/m1/s1. The lowest BCUT2D eigenvalue weighted by molar-refractivity contribution is -0.157. The van der Waals surface area contributed by atoms with E-state index in [-0.39, 0.29) is 24.0 Å². The molecule has 0 spiro atoms. The van der Waals surface area contributed by atoms with Gasteiger partial charge in [0.2, 0.25) is 0 Å². The summed E-state index contributed by atoms with van der Waals surface area (Å²) in [5, 5.41) is 1.33. The van der Waals surface area contributed by atoms with Gasteiger partial charge in [-0.25, -0.2) is 0 Å². The Morgan fingerprint density at radius 1 is 1.29 bits per heavy atom. The van der Waals surface area contributed by atoms with E-state index < -0.39 is 5.41 Å². The average Bonchev–Trinajstić information content (AvgIpc) is 3.23. The topological polar surface area (TPSA) is 59.5 Å². The van der Waals surface area contributed by atoms with E-state index in [2.05, 4.69) is 4.98 Å². The average molecular weight is 401 g/mol. The first-order valence-electron chi connectivity index (χ1n) is 9.98. The molecule has 2 fully saturated rings. The summed E-state index contributed by atoms with van der Waals surface area (Å²) in [6.45, 7) is 6.09. The number of benzene rings is 1. The van der Waals surface area contributed by atoms with E-state index in [1.54, 1.807) is 12.1 Å². The summed E-state index contributed by atoms with van der Waals surface area (Å²) < 4.78 is 5.41. The Bertz CT molecular complexity index is 960. The van der Waals surface area contributed by atoms with Crippen molar-refractivity contribution in [2.45, 2.75) is 58.5 Å². The first-order valence-corrected chi connectivity index (χ1v) is 10.4. The Hall–Kier alpha value is -2.14. The van der Waals surface area contributed by atoms with E-state index in [0.29, 0.717) is 30.0 Å². The third-order valence-corrected chi connectivity index (χ3v) is 6.65. The number of rotatable bonds is 4. The van der Waals surface area contributed by atoms with Gasteiger partial charge in [0.25, 0.3) is 5.91 Å². The predicted octanol–water partition coefficient (Wildman–Crippen LogP) is 4.53. The summed E-state index contributed by atoms with van der Waals surface area (Å²) >= 11 is 6.19. The quantitative estimate of drug-likeness (QED) is 0.707. The van der Waals surface area contributed by atoms with Crippen molar-refractivity contribution >= 4 is 34.4 Å². The van der Waals surface area contributed by atoms with Crippen molar-refractivity contribution in [2.75, 3.05) is 6.61 Å². The van der Waals surface area contributed by atoms with Crippen molar-refractivity contribution in [3.63, 3.8) is 0 Å². The lowest BCUT2D eigenvalue weighted by Crippen LogP contribution is -2.45. The number of pyridine rings is 1. The van der Waals surface area contributed by atoms with Gasteiger partial charge < -0.3 is 9.64 Å². The van der Waals surface area contributed by atoms with Crippen molar-refractivity contribution in [3.8, 4) is 0 Å². The Balaban J connectivity index is 1.77. The maximum atomic E-state index is 13.7. The molecule has 0 unspecified atom stereocenters. The van der Waals surface area contributed by atoms with Crippen LogP contribution in [0.1, 0.15) is 55.6 Å². The first kappa shape index (κ1) is 19.2. The van der Waals surface area contributed by atoms with Gasteiger partial charge in [-0.05, 0) is 63.8 Å². The van der Waals surface area contributed by atoms with Crippen molar-refractivity contribution in [1.82, 2.24) is 9.88 Å². The van der Waals surface area contributed by atoms with E-state index in [0.717, 1.165) is 29.4 Å². The van der Waals surface area contributed by atoms with Gasteiger partial charge in [0.1, 0.15) is 0 Å². The smallest absolute Gasteiger partial charge is 0.314 e. The number of hydrogen-bond acceptors (Lipinski definition) is 4. The van der Waals surface area contributed by atoms with Crippen molar-refractivity contribution in [3.05, 3.63) is 40.5 Å². The summed E-state index contributed by atoms with van der Waals surface area (Å²) in [5.41, 5.74) is 1.56. The second kappa shape index (κ2) is 7.03. The molecule has 6 heteroatoms. The highest BCUT2D eigenvalue weighted by Gasteiger charge is 2.61. The maximum absolute atomic E-state index is 13.7. The molecule has 5 nitrogen and oxygen atoms in total. The van der Waals surface area contributed by atoms with Gasteiger partial charge in [-0.3, -0.25) is 14.6 Å². The molecule has 2 bridgehead atoms. The molecule has 2 saturated heterocycles. The molecule has 3 heterocycles. The van der Waals surface area contributed by atoms with Gasteiger partial charge in [0.05, 0.1) is 23.1 Å². The molecule has 2 aliphatic rings. The molecular weight excluding hydrogens is 376 g/mol. The van der Waals surface area contributed by atoms with Gasteiger partial charge in [-0.2, -0.15) is 0 Å². The second-order valence-corrected chi connectivity index (χ2v) is 8.30. The SMILES string of the molecule is CCOC(=O)[C@@]1(CC)C[C@H]2CC[C@@H]1N2C(=O)c1cc(C)nc2ccc(Cl)cc12. The highest BCUT2D eigenvalue weighted by molar-refractivity contribution is 6.31. The van der Waals surface area contributed by atoms with E-state index in [1.165, 1.54) is 0 Å². The number of ether oxygens (including phenoxy) is 1. The lowest BCUT2D eigenvalue weighted by atomic mass is 9.72. The van der Waals surface area contributed by atoms with Crippen LogP contribution in [0.15, 0.2) is 24.3 Å². The second-order valence-electron chi connectivity index (χ2n) is 7.87. The van der Waals surface area contributed by atoms with Crippen LogP contribution in [0, 0.1) is 12.3 Å². The van der Waals surface area contributed by atoms with Crippen LogP contribution in [0.3, 0.4) is 0 Å². The highest BCUT2D eigenvalue weighted by Crippen LogP contribution is 2.53. The molecule has 1 aromatic carbocycles. The number of hydrogen-bond donors (Lipinski definition) is 0. The zero-order valence-corrected chi connectivity index (χ0v) is 17.3. The number of aryl methyl sites for hydroxylation is 1. The Labute approximate surface area is 170 Å². The van der Waals surface area contributed by atoms with Crippen LogP contribution in [-0.4, -0.2) is 40.5 Å². The minimum Gasteiger partial charge on any atom is -0.466 e. The number of esters is 1. The van der Waals surface area contributed by atoms with Crippen LogP contribution < -0.4 is 0 Å². The summed E-state index contributed by atoms with van der Waals surface area (Å²) in [7, 11) is 0. The lowest BCUT2D eigenvalue weighted by Gasteiger charge is -2.34.